The molecular weight excluding hydrogens is 266 g/mol. The molecule has 1 aromatic carbocycles. The van der Waals surface area contributed by atoms with Crippen LogP contribution in [-0.2, 0) is 9.59 Å². The van der Waals surface area contributed by atoms with Crippen molar-refractivity contribution in [2.45, 2.75) is 33.1 Å². The van der Waals surface area contributed by atoms with Crippen LogP contribution in [0.15, 0.2) is 24.3 Å². The normalized spacial score (nSPS) is 21.6. The third kappa shape index (κ3) is 3.94. The molecule has 1 amide bonds. The van der Waals surface area contributed by atoms with Crippen LogP contribution in [0.5, 0.6) is 0 Å². The second-order valence-electron chi connectivity index (χ2n) is 5.75. The largest absolute Gasteiger partial charge is 0.478 e. The van der Waals surface area contributed by atoms with Crippen molar-refractivity contribution >= 4 is 23.6 Å². The van der Waals surface area contributed by atoms with Gasteiger partial charge in [0, 0.05) is 17.7 Å². The van der Waals surface area contributed by atoms with Crippen molar-refractivity contribution in [1.29, 1.82) is 0 Å². The number of aliphatic carboxylic acids is 1. The molecule has 2 N–H and O–H groups in total. The van der Waals surface area contributed by atoms with Crippen molar-refractivity contribution in [3.05, 3.63) is 35.4 Å². The number of carboxylic acids is 1. The highest BCUT2D eigenvalue weighted by molar-refractivity contribution is 5.93. The van der Waals surface area contributed by atoms with E-state index in [1.807, 2.05) is 25.1 Å². The molecule has 0 bridgehead atoms. The molecule has 1 aromatic rings. The summed E-state index contributed by atoms with van der Waals surface area (Å²) >= 11 is 0. The second kappa shape index (κ2) is 6.57. The maximum atomic E-state index is 12.2. The molecular formula is C17H21NO3. The highest BCUT2D eigenvalue weighted by Crippen LogP contribution is 2.32. The van der Waals surface area contributed by atoms with Gasteiger partial charge in [-0.25, -0.2) is 4.79 Å². The van der Waals surface area contributed by atoms with Gasteiger partial charge in [0.1, 0.15) is 0 Å². The summed E-state index contributed by atoms with van der Waals surface area (Å²) in [5.41, 5.74) is 2.54. The van der Waals surface area contributed by atoms with Crippen LogP contribution in [-0.4, -0.2) is 17.0 Å². The molecule has 4 nitrogen and oxygen atoms in total. The molecule has 1 aliphatic carbocycles. The van der Waals surface area contributed by atoms with Crippen molar-refractivity contribution < 1.29 is 14.7 Å². The lowest BCUT2D eigenvalue weighted by Gasteiger charge is -2.15. The summed E-state index contributed by atoms with van der Waals surface area (Å²) in [7, 11) is 0. The molecule has 1 saturated carbocycles. The van der Waals surface area contributed by atoms with Gasteiger partial charge in [-0.2, -0.15) is 0 Å². The Labute approximate surface area is 124 Å². The van der Waals surface area contributed by atoms with E-state index in [-0.39, 0.29) is 11.8 Å². The Hall–Kier alpha value is -2.10. The van der Waals surface area contributed by atoms with Gasteiger partial charge >= 0.3 is 5.97 Å². The molecule has 1 fully saturated rings. The van der Waals surface area contributed by atoms with Crippen molar-refractivity contribution in [2.24, 2.45) is 11.8 Å². The molecule has 0 aromatic heterocycles. The van der Waals surface area contributed by atoms with Crippen molar-refractivity contribution in [1.82, 2.24) is 0 Å². The number of amides is 1. The first-order valence-electron chi connectivity index (χ1n) is 7.30. The number of hydrogen-bond donors (Lipinski definition) is 2. The second-order valence-corrected chi connectivity index (χ2v) is 5.75. The lowest BCUT2D eigenvalue weighted by atomic mass is 9.97. The molecule has 0 aliphatic heterocycles. The van der Waals surface area contributed by atoms with Gasteiger partial charge in [-0.3, -0.25) is 4.79 Å². The monoisotopic (exact) mass is 287 g/mol. The maximum absolute atomic E-state index is 12.2. The third-order valence-electron chi connectivity index (χ3n) is 4.14. The smallest absolute Gasteiger partial charge is 0.328 e. The average molecular weight is 287 g/mol. The van der Waals surface area contributed by atoms with Gasteiger partial charge in [-0.15, -0.1) is 0 Å². The Kier molecular flexibility index (Phi) is 4.78. The van der Waals surface area contributed by atoms with Gasteiger partial charge in [-0.05, 0) is 55.0 Å². The fourth-order valence-corrected chi connectivity index (χ4v) is 2.87. The Morgan fingerprint density at radius 1 is 1.33 bits per heavy atom. The molecule has 112 valence electrons. The van der Waals surface area contributed by atoms with E-state index in [0.29, 0.717) is 5.92 Å². The van der Waals surface area contributed by atoms with Gasteiger partial charge < -0.3 is 10.4 Å². The first kappa shape index (κ1) is 15.3. The first-order valence-corrected chi connectivity index (χ1v) is 7.30. The van der Waals surface area contributed by atoms with Crippen molar-refractivity contribution in [2.75, 3.05) is 5.32 Å². The molecule has 4 heteroatoms. The summed E-state index contributed by atoms with van der Waals surface area (Å²) in [5, 5.41) is 11.6. The van der Waals surface area contributed by atoms with E-state index in [0.717, 1.165) is 42.2 Å². The summed E-state index contributed by atoms with van der Waals surface area (Å²) < 4.78 is 0. The zero-order valence-corrected chi connectivity index (χ0v) is 12.4. The SMILES string of the molecule is Cc1cc(NC(=O)C2CCCC2C)ccc1/C=C/C(=O)O. The van der Waals surface area contributed by atoms with Gasteiger partial charge in [0.05, 0.1) is 0 Å². The van der Waals surface area contributed by atoms with E-state index in [1.54, 1.807) is 6.08 Å². The molecule has 2 unspecified atom stereocenters. The van der Waals surface area contributed by atoms with Crippen molar-refractivity contribution in [3.8, 4) is 0 Å². The number of rotatable bonds is 4. The number of hydrogen-bond acceptors (Lipinski definition) is 2. The van der Waals surface area contributed by atoms with E-state index < -0.39 is 5.97 Å². The number of benzene rings is 1. The topological polar surface area (TPSA) is 66.4 Å². The molecule has 0 heterocycles. The summed E-state index contributed by atoms with van der Waals surface area (Å²) in [6, 6.07) is 5.51. The summed E-state index contributed by atoms with van der Waals surface area (Å²) in [6.45, 7) is 4.03. The number of anilines is 1. The Bertz CT molecular complexity index is 577. The van der Waals surface area contributed by atoms with Crippen molar-refractivity contribution in [3.63, 3.8) is 0 Å². The number of aryl methyl sites for hydroxylation is 1. The standard InChI is InChI=1S/C17H21NO3/c1-11-4-3-5-15(11)17(21)18-14-8-6-13(12(2)10-14)7-9-16(19)20/h6-11,15H,3-5H2,1-2H3,(H,18,21)(H,19,20)/b9-7+. The van der Waals surface area contributed by atoms with E-state index in [9.17, 15) is 9.59 Å². The minimum atomic E-state index is -0.970. The lowest BCUT2D eigenvalue weighted by molar-refractivity contribution is -0.131. The fourth-order valence-electron chi connectivity index (χ4n) is 2.87. The number of carbonyl (C=O) groups is 2. The Morgan fingerprint density at radius 3 is 2.67 bits per heavy atom. The van der Waals surface area contributed by atoms with E-state index >= 15 is 0 Å². The minimum absolute atomic E-state index is 0.0910. The Balaban J connectivity index is 2.06. The molecule has 1 aliphatic rings. The van der Waals surface area contributed by atoms with Crippen LogP contribution >= 0.6 is 0 Å². The molecule has 0 radical (unpaired) electrons. The molecule has 0 saturated heterocycles. The summed E-state index contributed by atoms with van der Waals surface area (Å²) in [5.74, 6) is -0.323. The predicted octanol–water partition coefficient (Wildman–Crippen LogP) is 3.47. The van der Waals surface area contributed by atoms with Gasteiger partial charge in [0.15, 0.2) is 0 Å². The first-order chi connectivity index (χ1) is 9.97. The third-order valence-corrected chi connectivity index (χ3v) is 4.14. The highest BCUT2D eigenvalue weighted by Gasteiger charge is 2.29. The van der Waals surface area contributed by atoms with Crippen LogP contribution in [0.25, 0.3) is 6.08 Å². The van der Waals surface area contributed by atoms with Gasteiger partial charge in [0.25, 0.3) is 0 Å². The zero-order chi connectivity index (χ0) is 15.4. The maximum Gasteiger partial charge on any atom is 0.328 e. The van der Waals surface area contributed by atoms with Crippen LogP contribution in [0.3, 0.4) is 0 Å². The quantitative estimate of drug-likeness (QED) is 0.833. The lowest BCUT2D eigenvalue weighted by Crippen LogP contribution is -2.24. The molecule has 2 rings (SSSR count). The van der Waals surface area contributed by atoms with Gasteiger partial charge in [0.2, 0.25) is 5.91 Å². The van der Waals surface area contributed by atoms with Crippen LogP contribution < -0.4 is 5.32 Å². The number of carboxylic acid groups (broad SMARTS) is 1. The van der Waals surface area contributed by atoms with Crippen LogP contribution in [0.1, 0.15) is 37.3 Å². The van der Waals surface area contributed by atoms with Crippen LogP contribution in [0, 0.1) is 18.8 Å². The van der Waals surface area contributed by atoms with E-state index in [4.69, 9.17) is 5.11 Å². The molecule has 0 spiro atoms. The summed E-state index contributed by atoms with van der Waals surface area (Å²) in [4.78, 5) is 22.8. The number of carbonyl (C=O) groups excluding carboxylic acids is 1. The summed E-state index contributed by atoms with van der Waals surface area (Å²) in [6.07, 6.45) is 5.88. The zero-order valence-electron chi connectivity index (χ0n) is 12.4. The fraction of sp³-hybridized carbons (Fsp3) is 0.412. The van der Waals surface area contributed by atoms with E-state index in [2.05, 4.69) is 12.2 Å². The molecule has 21 heavy (non-hydrogen) atoms. The van der Waals surface area contributed by atoms with Crippen LogP contribution in [0.2, 0.25) is 0 Å². The average Bonchev–Trinajstić information content (AvgIpc) is 2.84. The highest BCUT2D eigenvalue weighted by atomic mass is 16.4. The van der Waals surface area contributed by atoms with E-state index in [1.165, 1.54) is 0 Å². The van der Waals surface area contributed by atoms with Gasteiger partial charge in [-0.1, -0.05) is 19.4 Å². The Morgan fingerprint density at radius 2 is 2.10 bits per heavy atom. The number of nitrogens with one attached hydrogen (secondary N) is 1. The predicted molar refractivity (Wildman–Crippen MR) is 83.0 cm³/mol. The molecule has 2 atom stereocenters. The minimum Gasteiger partial charge on any atom is -0.478 e. The van der Waals surface area contributed by atoms with Crippen LogP contribution in [0.4, 0.5) is 5.69 Å².